The molecule has 1 heterocycles. The van der Waals surface area contributed by atoms with Crippen LogP contribution >= 0.6 is 0 Å². The monoisotopic (exact) mass is 373 g/mol. The molecular formula is C20H23NO6. The fraction of sp³-hybridized carbons (Fsp3) is 0.450. The van der Waals surface area contributed by atoms with Crippen molar-refractivity contribution in [3.05, 3.63) is 40.2 Å². The van der Waals surface area contributed by atoms with Gasteiger partial charge in [0.25, 0.3) is 5.91 Å². The number of esters is 1. The lowest BCUT2D eigenvalue weighted by atomic mass is 10.1. The number of aryl methyl sites for hydroxylation is 1. The maximum Gasteiger partial charge on any atom is 0.344 e. The summed E-state index contributed by atoms with van der Waals surface area (Å²) >= 11 is 0. The molecule has 1 aliphatic carbocycles. The van der Waals surface area contributed by atoms with Gasteiger partial charge in [-0.05, 0) is 44.4 Å². The van der Waals surface area contributed by atoms with E-state index < -0.39 is 17.7 Å². The molecule has 0 saturated heterocycles. The average molecular weight is 373 g/mol. The Balaban J connectivity index is 1.53. The van der Waals surface area contributed by atoms with Crippen molar-refractivity contribution in [1.29, 1.82) is 0 Å². The summed E-state index contributed by atoms with van der Waals surface area (Å²) in [5.41, 5.74) is 0.739. The Kier molecular flexibility index (Phi) is 5.78. The van der Waals surface area contributed by atoms with E-state index in [0.29, 0.717) is 11.3 Å². The molecule has 7 heteroatoms. The maximum absolute atomic E-state index is 12.0. The molecule has 1 aliphatic rings. The van der Waals surface area contributed by atoms with Crippen molar-refractivity contribution in [3.63, 3.8) is 0 Å². The molecule has 1 fully saturated rings. The molecule has 27 heavy (non-hydrogen) atoms. The second kappa shape index (κ2) is 8.24. The molecule has 7 nitrogen and oxygen atoms in total. The van der Waals surface area contributed by atoms with Crippen LogP contribution in [-0.2, 0) is 14.3 Å². The van der Waals surface area contributed by atoms with Crippen molar-refractivity contribution in [2.45, 2.75) is 51.7 Å². The van der Waals surface area contributed by atoms with E-state index in [0.717, 1.165) is 36.6 Å². The molecule has 144 valence electrons. The van der Waals surface area contributed by atoms with Gasteiger partial charge < -0.3 is 19.2 Å². The van der Waals surface area contributed by atoms with Crippen molar-refractivity contribution < 1.29 is 23.5 Å². The van der Waals surface area contributed by atoms with Crippen molar-refractivity contribution in [1.82, 2.24) is 5.32 Å². The second-order valence-corrected chi connectivity index (χ2v) is 6.82. The van der Waals surface area contributed by atoms with Gasteiger partial charge in [0.2, 0.25) is 0 Å². The van der Waals surface area contributed by atoms with Gasteiger partial charge in [-0.3, -0.25) is 4.79 Å². The van der Waals surface area contributed by atoms with E-state index in [4.69, 9.17) is 13.9 Å². The number of hydrogen-bond acceptors (Lipinski definition) is 6. The first kappa shape index (κ1) is 18.9. The van der Waals surface area contributed by atoms with Gasteiger partial charge in [-0.1, -0.05) is 12.8 Å². The number of ether oxygens (including phenoxy) is 2. The first-order valence-electron chi connectivity index (χ1n) is 9.09. The number of carbonyl (C=O) groups excluding carboxylic acids is 2. The predicted octanol–water partition coefficient (Wildman–Crippen LogP) is 2.47. The molecule has 0 bridgehead atoms. The Morgan fingerprint density at radius 3 is 2.74 bits per heavy atom. The minimum absolute atomic E-state index is 0.172. The van der Waals surface area contributed by atoms with E-state index in [1.54, 1.807) is 18.2 Å². The van der Waals surface area contributed by atoms with Gasteiger partial charge in [-0.15, -0.1) is 0 Å². The van der Waals surface area contributed by atoms with Gasteiger partial charge in [-0.25, -0.2) is 9.59 Å². The van der Waals surface area contributed by atoms with Crippen LogP contribution in [0.1, 0.15) is 38.2 Å². The van der Waals surface area contributed by atoms with Crippen LogP contribution in [0.4, 0.5) is 0 Å². The third-order valence-corrected chi connectivity index (χ3v) is 4.66. The minimum Gasteiger partial charge on any atom is -0.482 e. The average Bonchev–Trinajstić information content (AvgIpc) is 3.12. The normalized spacial score (nSPS) is 15.5. The molecule has 0 spiro atoms. The number of nitrogens with one attached hydrogen (secondary N) is 1. The van der Waals surface area contributed by atoms with Gasteiger partial charge in [-0.2, -0.15) is 0 Å². The Morgan fingerprint density at radius 1 is 1.26 bits per heavy atom. The zero-order chi connectivity index (χ0) is 19.4. The molecule has 1 saturated carbocycles. The van der Waals surface area contributed by atoms with Gasteiger partial charge in [0.05, 0.1) is 0 Å². The van der Waals surface area contributed by atoms with Crippen LogP contribution in [0.5, 0.6) is 5.75 Å². The van der Waals surface area contributed by atoms with Crippen molar-refractivity contribution in [2.75, 3.05) is 6.61 Å². The third kappa shape index (κ3) is 4.87. The Hall–Kier alpha value is -2.83. The molecular weight excluding hydrogens is 350 g/mol. The molecule has 3 rings (SSSR count). The highest BCUT2D eigenvalue weighted by Gasteiger charge is 2.23. The maximum atomic E-state index is 12.0. The molecule has 0 radical (unpaired) electrons. The second-order valence-electron chi connectivity index (χ2n) is 6.82. The summed E-state index contributed by atoms with van der Waals surface area (Å²) in [5.74, 6) is -0.565. The number of carbonyl (C=O) groups is 2. The van der Waals surface area contributed by atoms with E-state index >= 15 is 0 Å². The van der Waals surface area contributed by atoms with Crippen LogP contribution in [0, 0.1) is 6.92 Å². The lowest BCUT2D eigenvalue weighted by Gasteiger charge is -2.17. The summed E-state index contributed by atoms with van der Waals surface area (Å²) < 4.78 is 15.7. The van der Waals surface area contributed by atoms with Crippen LogP contribution in [0.3, 0.4) is 0 Å². The van der Waals surface area contributed by atoms with Crippen molar-refractivity contribution in [2.24, 2.45) is 0 Å². The highest BCUT2D eigenvalue weighted by atomic mass is 16.6. The first-order valence-corrected chi connectivity index (χ1v) is 9.09. The predicted molar refractivity (Wildman–Crippen MR) is 98.7 cm³/mol. The van der Waals surface area contributed by atoms with Gasteiger partial charge >= 0.3 is 11.6 Å². The number of benzene rings is 1. The lowest BCUT2D eigenvalue weighted by molar-refractivity contribution is -0.156. The van der Waals surface area contributed by atoms with Crippen LogP contribution in [0.25, 0.3) is 11.0 Å². The molecule has 2 aromatic rings. The molecule has 0 unspecified atom stereocenters. The summed E-state index contributed by atoms with van der Waals surface area (Å²) in [6.07, 6.45) is 3.27. The number of hydrogen-bond donors (Lipinski definition) is 1. The largest absolute Gasteiger partial charge is 0.482 e. The fourth-order valence-electron chi connectivity index (χ4n) is 3.21. The highest BCUT2D eigenvalue weighted by molar-refractivity contribution is 5.84. The highest BCUT2D eigenvalue weighted by Crippen LogP contribution is 2.22. The third-order valence-electron chi connectivity index (χ3n) is 4.66. The standard InChI is InChI=1S/C20H23NO6/c1-12-9-18(22)27-17-10-15(7-8-16(12)17)25-11-19(23)26-13(2)20(24)21-14-5-3-4-6-14/h7-10,13-14H,3-6,11H2,1-2H3,(H,21,24)/t13-/m1/s1. The van der Waals surface area contributed by atoms with E-state index in [1.165, 1.54) is 13.0 Å². The fourth-order valence-corrected chi connectivity index (χ4v) is 3.21. The quantitative estimate of drug-likeness (QED) is 0.617. The zero-order valence-corrected chi connectivity index (χ0v) is 15.4. The van der Waals surface area contributed by atoms with Crippen LogP contribution < -0.4 is 15.7 Å². The smallest absolute Gasteiger partial charge is 0.344 e. The van der Waals surface area contributed by atoms with E-state index in [2.05, 4.69) is 5.32 Å². The van der Waals surface area contributed by atoms with Gasteiger partial charge in [0.15, 0.2) is 12.7 Å². The summed E-state index contributed by atoms with van der Waals surface area (Å²) in [7, 11) is 0. The Labute approximate surface area is 156 Å². The Morgan fingerprint density at radius 2 is 2.00 bits per heavy atom. The molecule has 1 atom stereocenters. The van der Waals surface area contributed by atoms with Crippen LogP contribution in [0.15, 0.2) is 33.5 Å². The molecule has 1 aromatic heterocycles. The van der Waals surface area contributed by atoms with E-state index in [1.807, 2.05) is 6.92 Å². The zero-order valence-electron chi connectivity index (χ0n) is 15.4. The topological polar surface area (TPSA) is 94.8 Å². The van der Waals surface area contributed by atoms with Gasteiger partial charge in [0.1, 0.15) is 11.3 Å². The number of fused-ring (bicyclic) bond motifs is 1. The molecule has 1 N–H and O–H groups in total. The first-order chi connectivity index (χ1) is 12.9. The molecule has 0 aliphatic heterocycles. The summed E-state index contributed by atoms with van der Waals surface area (Å²) in [4.78, 5) is 35.5. The molecule has 1 aromatic carbocycles. The number of rotatable bonds is 6. The minimum atomic E-state index is -0.876. The van der Waals surface area contributed by atoms with Crippen molar-refractivity contribution in [3.8, 4) is 5.75 Å². The summed E-state index contributed by atoms with van der Waals surface area (Å²) in [6, 6.07) is 6.57. The SMILES string of the molecule is Cc1cc(=O)oc2cc(OCC(=O)O[C@H](C)C(=O)NC3CCCC3)ccc12. The van der Waals surface area contributed by atoms with Crippen molar-refractivity contribution >= 4 is 22.8 Å². The molecule has 1 amide bonds. The van der Waals surface area contributed by atoms with Crippen LogP contribution in [0.2, 0.25) is 0 Å². The summed E-state index contributed by atoms with van der Waals surface area (Å²) in [5, 5.41) is 3.68. The number of amides is 1. The van der Waals surface area contributed by atoms with Crippen LogP contribution in [-0.4, -0.2) is 30.6 Å². The Bertz CT molecular complexity index is 897. The lowest BCUT2D eigenvalue weighted by Crippen LogP contribution is -2.41. The van der Waals surface area contributed by atoms with E-state index in [9.17, 15) is 14.4 Å². The van der Waals surface area contributed by atoms with Gasteiger partial charge in [0, 0.05) is 23.6 Å². The van der Waals surface area contributed by atoms with E-state index in [-0.39, 0.29) is 18.6 Å². The summed E-state index contributed by atoms with van der Waals surface area (Å²) in [6.45, 7) is 3.01.